The van der Waals surface area contributed by atoms with Crippen molar-refractivity contribution in [2.24, 2.45) is 5.92 Å². The summed E-state index contributed by atoms with van der Waals surface area (Å²) in [5, 5.41) is 12.2. The molecule has 0 spiro atoms. The molecule has 0 aliphatic heterocycles. The number of hydrogen-bond acceptors (Lipinski definition) is 2. The first-order chi connectivity index (χ1) is 9.40. The van der Waals surface area contributed by atoms with E-state index in [1.54, 1.807) is 6.07 Å². The maximum Gasteiger partial charge on any atom is 0.326 e. The van der Waals surface area contributed by atoms with Crippen LogP contribution in [-0.2, 0) is 16.0 Å². The predicted molar refractivity (Wildman–Crippen MR) is 78.8 cm³/mol. The van der Waals surface area contributed by atoms with E-state index in [1.807, 2.05) is 32.0 Å². The number of amides is 1. The van der Waals surface area contributed by atoms with E-state index >= 15 is 0 Å². The summed E-state index contributed by atoms with van der Waals surface area (Å²) in [6.45, 7) is 3.84. The number of carbonyl (C=O) groups excluding carboxylic acids is 1. The fourth-order valence-electron chi connectivity index (χ4n) is 1.91. The van der Waals surface area contributed by atoms with Crippen LogP contribution in [0.2, 0.25) is 5.02 Å². The third-order valence-electron chi connectivity index (χ3n) is 2.92. The van der Waals surface area contributed by atoms with E-state index in [-0.39, 0.29) is 18.2 Å². The van der Waals surface area contributed by atoms with Gasteiger partial charge >= 0.3 is 5.97 Å². The second-order valence-corrected chi connectivity index (χ2v) is 5.59. The van der Waals surface area contributed by atoms with E-state index in [0.29, 0.717) is 17.9 Å². The Bertz CT molecular complexity index is 474. The molecule has 0 heterocycles. The van der Waals surface area contributed by atoms with Crippen LogP contribution in [0.3, 0.4) is 0 Å². The van der Waals surface area contributed by atoms with E-state index in [9.17, 15) is 9.59 Å². The highest BCUT2D eigenvalue weighted by atomic mass is 35.5. The number of aryl methyl sites for hydroxylation is 1. The second-order valence-electron chi connectivity index (χ2n) is 5.18. The van der Waals surface area contributed by atoms with Crippen molar-refractivity contribution in [2.45, 2.75) is 39.2 Å². The van der Waals surface area contributed by atoms with Gasteiger partial charge in [0, 0.05) is 11.4 Å². The van der Waals surface area contributed by atoms with Crippen LogP contribution in [0.25, 0.3) is 0 Å². The van der Waals surface area contributed by atoms with Gasteiger partial charge in [0.1, 0.15) is 6.04 Å². The molecule has 1 amide bonds. The minimum atomic E-state index is -0.996. The summed E-state index contributed by atoms with van der Waals surface area (Å²) in [7, 11) is 0. The van der Waals surface area contributed by atoms with Crippen LogP contribution in [0, 0.1) is 5.92 Å². The summed E-state index contributed by atoms with van der Waals surface area (Å²) in [5.41, 5.74) is 0.889. The number of halogens is 1. The van der Waals surface area contributed by atoms with E-state index in [0.717, 1.165) is 5.56 Å². The van der Waals surface area contributed by atoms with E-state index in [4.69, 9.17) is 16.7 Å². The van der Waals surface area contributed by atoms with Crippen LogP contribution in [0.5, 0.6) is 0 Å². The fourth-order valence-corrected chi connectivity index (χ4v) is 2.14. The molecule has 5 heteroatoms. The fraction of sp³-hybridized carbons (Fsp3) is 0.467. The molecule has 1 rings (SSSR count). The van der Waals surface area contributed by atoms with Gasteiger partial charge in [0.05, 0.1) is 0 Å². The van der Waals surface area contributed by atoms with Crippen LogP contribution in [-0.4, -0.2) is 23.0 Å². The lowest BCUT2D eigenvalue weighted by Crippen LogP contribution is -2.41. The van der Waals surface area contributed by atoms with Gasteiger partial charge in [0.25, 0.3) is 0 Å². The van der Waals surface area contributed by atoms with E-state index < -0.39 is 12.0 Å². The van der Waals surface area contributed by atoms with Crippen molar-refractivity contribution in [3.05, 3.63) is 34.9 Å². The summed E-state index contributed by atoms with van der Waals surface area (Å²) in [6.07, 6.45) is 1.15. The lowest BCUT2D eigenvalue weighted by Gasteiger charge is -2.16. The third-order valence-corrected chi connectivity index (χ3v) is 3.29. The Balaban J connectivity index is 2.50. The summed E-state index contributed by atoms with van der Waals surface area (Å²) < 4.78 is 0. The normalized spacial score (nSPS) is 12.2. The van der Waals surface area contributed by atoms with Gasteiger partial charge in [0.2, 0.25) is 5.91 Å². The van der Waals surface area contributed by atoms with Crippen molar-refractivity contribution < 1.29 is 14.7 Å². The number of carboxylic acid groups (broad SMARTS) is 1. The zero-order chi connectivity index (χ0) is 15.1. The number of rotatable bonds is 7. The van der Waals surface area contributed by atoms with Crippen LogP contribution >= 0.6 is 11.6 Å². The zero-order valence-electron chi connectivity index (χ0n) is 11.7. The zero-order valence-corrected chi connectivity index (χ0v) is 12.5. The Morgan fingerprint density at radius 2 is 1.95 bits per heavy atom. The molecule has 20 heavy (non-hydrogen) atoms. The highest BCUT2D eigenvalue weighted by molar-refractivity contribution is 6.31. The van der Waals surface area contributed by atoms with Gasteiger partial charge in [-0.3, -0.25) is 4.79 Å². The van der Waals surface area contributed by atoms with Gasteiger partial charge in [-0.2, -0.15) is 0 Å². The molecule has 1 aromatic carbocycles. The summed E-state index contributed by atoms with van der Waals surface area (Å²) in [6, 6.07) is 6.49. The van der Waals surface area contributed by atoms with Gasteiger partial charge in [-0.1, -0.05) is 43.6 Å². The molecule has 0 saturated heterocycles. The molecular formula is C15H20ClNO3. The van der Waals surface area contributed by atoms with Crippen LogP contribution in [0.1, 0.15) is 32.3 Å². The van der Waals surface area contributed by atoms with Gasteiger partial charge in [-0.05, 0) is 30.4 Å². The smallest absolute Gasteiger partial charge is 0.326 e. The average Bonchev–Trinajstić information content (AvgIpc) is 2.36. The molecule has 0 fully saturated rings. The quantitative estimate of drug-likeness (QED) is 0.813. The number of carbonyl (C=O) groups is 2. The van der Waals surface area contributed by atoms with Crippen LogP contribution < -0.4 is 5.32 Å². The number of aliphatic carboxylic acids is 1. The molecule has 1 atom stereocenters. The van der Waals surface area contributed by atoms with E-state index in [1.165, 1.54) is 0 Å². The highest BCUT2D eigenvalue weighted by Gasteiger charge is 2.20. The number of benzene rings is 1. The number of hydrogen-bond donors (Lipinski definition) is 2. The Labute approximate surface area is 124 Å². The average molecular weight is 298 g/mol. The molecular weight excluding hydrogens is 278 g/mol. The van der Waals surface area contributed by atoms with E-state index in [2.05, 4.69) is 5.32 Å². The largest absolute Gasteiger partial charge is 0.480 e. The molecule has 0 aliphatic rings. The maximum atomic E-state index is 11.8. The Morgan fingerprint density at radius 1 is 1.30 bits per heavy atom. The molecule has 0 aromatic heterocycles. The molecule has 0 unspecified atom stereocenters. The predicted octanol–water partition coefficient (Wildman–Crippen LogP) is 2.89. The maximum absolute atomic E-state index is 11.8. The molecule has 110 valence electrons. The molecule has 0 aliphatic carbocycles. The van der Waals surface area contributed by atoms with Crippen molar-refractivity contribution in [1.29, 1.82) is 0 Å². The highest BCUT2D eigenvalue weighted by Crippen LogP contribution is 2.16. The third kappa shape index (κ3) is 5.61. The second kappa shape index (κ2) is 7.90. The summed E-state index contributed by atoms with van der Waals surface area (Å²) >= 11 is 6.01. The van der Waals surface area contributed by atoms with Gasteiger partial charge in [-0.15, -0.1) is 0 Å². The van der Waals surface area contributed by atoms with Gasteiger partial charge in [-0.25, -0.2) is 4.79 Å². The Hall–Kier alpha value is -1.55. The Morgan fingerprint density at radius 3 is 2.50 bits per heavy atom. The van der Waals surface area contributed by atoms with Crippen molar-refractivity contribution in [2.75, 3.05) is 0 Å². The van der Waals surface area contributed by atoms with Crippen molar-refractivity contribution in [3.63, 3.8) is 0 Å². The molecule has 1 aromatic rings. The number of nitrogens with one attached hydrogen (secondary N) is 1. The number of carboxylic acids is 1. The van der Waals surface area contributed by atoms with Crippen LogP contribution in [0.15, 0.2) is 24.3 Å². The first-order valence-electron chi connectivity index (χ1n) is 6.65. The van der Waals surface area contributed by atoms with Crippen molar-refractivity contribution in [3.8, 4) is 0 Å². The SMILES string of the molecule is CC(C)C[C@H](NC(=O)CCc1ccccc1Cl)C(=O)O. The molecule has 0 radical (unpaired) electrons. The van der Waals surface area contributed by atoms with Crippen LogP contribution in [0.4, 0.5) is 0 Å². The van der Waals surface area contributed by atoms with Crippen molar-refractivity contribution >= 4 is 23.5 Å². The minimum absolute atomic E-state index is 0.208. The van der Waals surface area contributed by atoms with Gasteiger partial charge in [0.15, 0.2) is 0 Å². The first-order valence-corrected chi connectivity index (χ1v) is 7.03. The van der Waals surface area contributed by atoms with Gasteiger partial charge < -0.3 is 10.4 Å². The minimum Gasteiger partial charge on any atom is -0.480 e. The summed E-state index contributed by atoms with van der Waals surface area (Å²) in [5.74, 6) is -1.05. The van der Waals surface area contributed by atoms with Crippen molar-refractivity contribution in [1.82, 2.24) is 5.32 Å². The molecule has 0 saturated carbocycles. The summed E-state index contributed by atoms with van der Waals surface area (Å²) in [4.78, 5) is 22.9. The lowest BCUT2D eigenvalue weighted by molar-refractivity contribution is -0.142. The first kappa shape index (κ1) is 16.5. The topological polar surface area (TPSA) is 66.4 Å². The Kier molecular flexibility index (Phi) is 6.52. The molecule has 4 nitrogen and oxygen atoms in total. The monoisotopic (exact) mass is 297 g/mol. The molecule has 0 bridgehead atoms. The molecule has 2 N–H and O–H groups in total. The standard InChI is InChI=1S/C15H20ClNO3/c1-10(2)9-13(15(19)20)17-14(18)8-7-11-5-3-4-6-12(11)16/h3-6,10,13H,7-9H2,1-2H3,(H,17,18)(H,19,20)/t13-/m0/s1. The lowest BCUT2D eigenvalue weighted by atomic mass is 10.0.